The van der Waals surface area contributed by atoms with E-state index in [0.29, 0.717) is 22.0 Å². The predicted octanol–water partition coefficient (Wildman–Crippen LogP) is 8.15. The molecule has 0 spiro atoms. The summed E-state index contributed by atoms with van der Waals surface area (Å²) in [7, 11) is 1.63. The quantitative estimate of drug-likeness (QED) is 0.268. The van der Waals surface area contributed by atoms with E-state index in [1.54, 1.807) is 7.11 Å². The van der Waals surface area contributed by atoms with Gasteiger partial charge in [-0.2, -0.15) is 0 Å². The Bertz CT molecular complexity index is 1570. The lowest BCUT2D eigenvalue weighted by Gasteiger charge is -2.41. The second kappa shape index (κ2) is 12.9. The number of nitrogens with zero attached hydrogens (tertiary/aromatic N) is 3. The van der Waals surface area contributed by atoms with Crippen molar-refractivity contribution >= 4 is 23.3 Å². The molecule has 5 rings (SSSR count). The molecule has 242 valence electrons. The number of rotatable bonds is 8. The number of aryl methyl sites for hydroxylation is 2. The maximum atomic E-state index is 12.8. The zero-order valence-corrected chi connectivity index (χ0v) is 28.8. The average molecular weight is 634 g/mol. The van der Waals surface area contributed by atoms with E-state index in [1.807, 2.05) is 46.8 Å². The minimum atomic E-state index is -1.13. The third-order valence-corrected chi connectivity index (χ3v) is 9.47. The third kappa shape index (κ3) is 7.48. The number of aliphatic carboxylic acids is 1. The van der Waals surface area contributed by atoms with E-state index in [4.69, 9.17) is 26.1 Å². The van der Waals surface area contributed by atoms with Gasteiger partial charge >= 0.3 is 5.97 Å². The van der Waals surface area contributed by atoms with Crippen molar-refractivity contribution < 1.29 is 19.4 Å². The van der Waals surface area contributed by atoms with Crippen molar-refractivity contribution in [2.75, 3.05) is 31.6 Å². The number of carbonyl (C=O) groups is 1. The van der Waals surface area contributed by atoms with Gasteiger partial charge in [0.2, 0.25) is 0 Å². The number of hydrogen-bond donors (Lipinski definition) is 1. The van der Waals surface area contributed by atoms with Crippen LogP contribution in [0.4, 0.5) is 5.69 Å². The predicted molar refractivity (Wildman–Crippen MR) is 181 cm³/mol. The van der Waals surface area contributed by atoms with Gasteiger partial charge in [-0.15, -0.1) is 0 Å². The summed E-state index contributed by atoms with van der Waals surface area (Å²) in [5.41, 5.74) is 8.73. The molecule has 0 bridgehead atoms. The molecule has 1 atom stereocenters. The van der Waals surface area contributed by atoms with E-state index in [2.05, 4.69) is 47.9 Å². The summed E-state index contributed by atoms with van der Waals surface area (Å²) < 4.78 is 11.6. The first kappa shape index (κ1) is 33.2. The molecule has 1 N–H and O–H groups in total. The number of carboxylic acid groups (broad SMARTS) is 1. The largest absolute Gasteiger partial charge is 0.495 e. The number of fused-ring (bicyclic) bond motifs is 1. The van der Waals surface area contributed by atoms with E-state index in [0.717, 1.165) is 80.1 Å². The van der Waals surface area contributed by atoms with Crippen LogP contribution in [0.3, 0.4) is 0 Å². The van der Waals surface area contributed by atoms with Crippen molar-refractivity contribution in [2.45, 2.75) is 92.5 Å². The molecule has 1 saturated heterocycles. The first-order chi connectivity index (χ1) is 21.2. The molecule has 7 nitrogen and oxygen atoms in total. The van der Waals surface area contributed by atoms with Crippen LogP contribution in [0, 0.1) is 19.3 Å². The Morgan fingerprint density at radius 3 is 2.38 bits per heavy atom. The fourth-order valence-corrected chi connectivity index (χ4v) is 7.00. The number of benzene rings is 2. The Hall–Kier alpha value is -3.13. The molecule has 0 saturated carbocycles. The summed E-state index contributed by atoms with van der Waals surface area (Å²) in [6.45, 7) is 18.6. The normalized spacial score (nSPS) is 17.6. The number of piperidine rings is 1. The molecule has 1 fully saturated rings. The van der Waals surface area contributed by atoms with E-state index in [-0.39, 0.29) is 5.41 Å². The molecular formula is C37H48ClN3O4. The highest BCUT2D eigenvalue weighted by Crippen LogP contribution is 2.45. The van der Waals surface area contributed by atoms with E-state index < -0.39 is 17.7 Å². The molecule has 0 unspecified atom stereocenters. The molecule has 0 radical (unpaired) electrons. The average Bonchev–Trinajstić information content (AvgIpc) is 2.95. The summed E-state index contributed by atoms with van der Waals surface area (Å²) in [6.07, 6.45) is 1.86. The Morgan fingerprint density at radius 1 is 1.04 bits per heavy atom. The van der Waals surface area contributed by atoms with Crippen LogP contribution < -0.4 is 9.64 Å². The third-order valence-electron chi connectivity index (χ3n) is 9.18. The second-order valence-electron chi connectivity index (χ2n) is 14.4. The Labute approximate surface area is 273 Å². The highest BCUT2D eigenvalue weighted by Gasteiger charge is 2.36. The van der Waals surface area contributed by atoms with Crippen LogP contribution in [0.2, 0.25) is 5.02 Å². The van der Waals surface area contributed by atoms with Crippen LogP contribution in [-0.2, 0) is 29.0 Å². The fourth-order valence-electron chi connectivity index (χ4n) is 6.72. The Balaban J connectivity index is 1.54. The molecule has 0 amide bonds. The van der Waals surface area contributed by atoms with Crippen LogP contribution >= 0.6 is 11.6 Å². The van der Waals surface area contributed by atoms with Gasteiger partial charge in [0.1, 0.15) is 5.75 Å². The molecule has 2 aliphatic heterocycles. The lowest BCUT2D eigenvalue weighted by molar-refractivity contribution is -0.160. The zero-order chi connectivity index (χ0) is 32.7. The van der Waals surface area contributed by atoms with Crippen LogP contribution in [0.25, 0.3) is 11.1 Å². The van der Waals surface area contributed by atoms with Crippen molar-refractivity contribution in [2.24, 2.45) is 5.41 Å². The SMILES string of the molecule is COc1ccc(CN2CCc3cc(-c4c(C)nc(C)c([C@H](OC(C)(C)C)C(=O)O)c4N4CCC(C)(C)CC4)ccc3C2)cc1Cl. The Morgan fingerprint density at radius 2 is 1.76 bits per heavy atom. The lowest BCUT2D eigenvalue weighted by atomic mass is 9.81. The molecule has 3 aromatic rings. The van der Waals surface area contributed by atoms with Gasteiger partial charge in [-0.05, 0) is 93.7 Å². The van der Waals surface area contributed by atoms with Gasteiger partial charge in [-0.1, -0.05) is 49.7 Å². The summed E-state index contributed by atoms with van der Waals surface area (Å²) >= 11 is 6.40. The number of halogens is 1. The number of methoxy groups -OCH3 is 1. The van der Waals surface area contributed by atoms with Gasteiger partial charge in [0.05, 0.1) is 23.4 Å². The topological polar surface area (TPSA) is 75.1 Å². The maximum Gasteiger partial charge on any atom is 0.337 e. The molecule has 3 heterocycles. The lowest BCUT2D eigenvalue weighted by Crippen LogP contribution is -2.39. The molecular weight excluding hydrogens is 586 g/mol. The van der Waals surface area contributed by atoms with Crippen molar-refractivity contribution in [3.8, 4) is 16.9 Å². The van der Waals surface area contributed by atoms with E-state index in [1.165, 1.54) is 11.1 Å². The molecule has 1 aromatic heterocycles. The minimum absolute atomic E-state index is 0.247. The zero-order valence-electron chi connectivity index (χ0n) is 28.1. The van der Waals surface area contributed by atoms with Crippen molar-refractivity contribution in [3.05, 3.63) is 75.1 Å². The molecule has 0 aliphatic carbocycles. The van der Waals surface area contributed by atoms with Crippen LogP contribution in [0.5, 0.6) is 5.75 Å². The molecule has 8 heteroatoms. The highest BCUT2D eigenvalue weighted by molar-refractivity contribution is 6.32. The first-order valence-corrected chi connectivity index (χ1v) is 16.4. The number of ether oxygens (including phenoxy) is 2. The number of aromatic nitrogens is 1. The first-order valence-electron chi connectivity index (χ1n) is 16.0. The minimum Gasteiger partial charge on any atom is -0.495 e. The highest BCUT2D eigenvalue weighted by atomic mass is 35.5. The van der Waals surface area contributed by atoms with Crippen molar-refractivity contribution in [1.82, 2.24) is 9.88 Å². The van der Waals surface area contributed by atoms with Crippen molar-refractivity contribution in [1.29, 1.82) is 0 Å². The summed E-state index contributed by atoms with van der Waals surface area (Å²) in [4.78, 5) is 22.6. The number of pyridine rings is 1. The molecule has 45 heavy (non-hydrogen) atoms. The number of hydrogen-bond acceptors (Lipinski definition) is 6. The van der Waals surface area contributed by atoms with Gasteiger partial charge in [0.25, 0.3) is 0 Å². The van der Waals surface area contributed by atoms with Gasteiger partial charge in [-0.25, -0.2) is 4.79 Å². The van der Waals surface area contributed by atoms with Crippen LogP contribution in [0.1, 0.15) is 87.2 Å². The monoisotopic (exact) mass is 633 g/mol. The van der Waals surface area contributed by atoms with Crippen LogP contribution in [0.15, 0.2) is 36.4 Å². The fraction of sp³-hybridized carbons (Fsp3) is 0.514. The van der Waals surface area contributed by atoms with Gasteiger partial charge in [0.15, 0.2) is 6.10 Å². The standard InChI is InChI=1S/C37H48ClN3O4/c1-23-31(27-10-11-28-22-40(16-13-26(28)20-27)21-25-9-12-30(44-8)29(38)19-25)33(41-17-14-37(6,7)15-18-41)32(24(2)39-23)34(35(42)43)45-36(3,4)5/h9-12,19-20,34H,13-18,21-22H2,1-8H3,(H,42,43)/t34-/m0/s1. The van der Waals surface area contributed by atoms with Gasteiger partial charge in [0, 0.05) is 55.2 Å². The maximum absolute atomic E-state index is 12.8. The second-order valence-corrected chi connectivity index (χ2v) is 14.8. The summed E-state index contributed by atoms with van der Waals surface area (Å²) in [6, 6.07) is 12.7. The van der Waals surface area contributed by atoms with Crippen molar-refractivity contribution in [3.63, 3.8) is 0 Å². The van der Waals surface area contributed by atoms with E-state index >= 15 is 0 Å². The smallest absolute Gasteiger partial charge is 0.337 e. The number of anilines is 1. The van der Waals surface area contributed by atoms with E-state index in [9.17, 15) is 9.90 Å². The summed E-state index contributed by atoms with van der Waals surface area (Å²) in [5.74, 6) is -0.305. The molecule has 2 aromatic carbocycles. The molecule has 2 aliphatic rings. The summed E-state index contributed by atoms with van der Waals surface area (Å²) in [5, 5.41) is 11.1. The van der Waals surface area contributed by atoms with Gasteiger partial charge in [-0.3, -0.25) is 9.88 Å². The van der Waals surface area contributed by atoms with Crippen LogP contribution in [-0.4, -0.2) is 53.3 Å². The van der Waals surface area contributed by atoms with Gasteiger partial charge < -0.3 is 19.5 Å². The Kier molecular flexibility index (Phi) is 9.55. The number of carboxylic acids is 1.